The van der Waals surface area contributed by atoms with Gasteiger partial charge in [-0.1, -0.05) is 0 Å². The van der Waals surface area contributed by atoms with Gasteiger partial charge in [-0.2, -0.15) is 0 Å². The molecule has 1 atom stereocenters. The van der Waals surface area contributed by atoms with Crippen molar-refractivity contribution in [3.05, 3.63) is 23.7 Å². The lowest BCUT2D eigenvalue weighted by Crippen LogP contribution is -2.04. The molecule has 0 aromatic carbocycles. The van der Waals surface area contributed by atoms with Crippen LogP contribution in [0.2, 0.25) is 0 Å². The largest absolute Gasteiger partial charge is 0.463 e. The third-order valence-electron chi connectivity index (χ3n) is 2.18. The molecule has 0 spiro atoms. The molecule has 1 aromatic heterocycles. The van der Waals surface area contributed by atoms with Gasteiger partial charge in [0.2, 0.25) is 0 Å². The Labute approximate surface area is 86.0 Å². The van der Waals surface area contributed by atoms with Crippen molar-refractivity contribution in [1.29, 1.82) is 0 Å². The van der Waals surface area contributed by atoms with Crippen LogP contribution in [0.4, 0.5) is 0 Å². The molecule has 1 fully saturated rings. The summed E-state index contributed by atoms with van der Waals surface area (Å²) in [6.07, 6.45) is 0.0543. The maximum absolute atomic E-state index is 11.2. The van der Waals surface area contributed by atoms with Gasteiger partial charge in [-0.3, -0.25) is 9.59 Å². The molecule has 0 aliphatic carbocycles. The van der Waals surface area contributed by atoms with Gasteiger partial charge in [0.15, 0.2) is 0 Å². The molecule has 0 radical (unpaired) electrons. The van der Waals surface area contributed by atoms with Crippen LogP contribution in [-0.2, 0) is 25.7 Å². The Bertz CT molecular complexity index is 392. The lowest BCUT2D eigenvalue weighted by Gasteiger charge is -1.99. The Kier molecular flexibility index (Phi) is 2.55. The van der Waals surface area contributed by atoms with Crippen molar-refractivity contribution in [3.63, 3.8) is 0 Å². The Hall–Kier alpha value is -1.62. The highest BCUT2D eigenvalue weighted by molar-refractivity contribution is 5.97. The second-order valence-electron chi connectivity index (χ2n) is 3.29. The maximum atomic E-state index is 11.2. The average Bonchev–Trinajstić information content (AvgIpc) is 2.73. The normalized spacial score (nSPS) is 20.7. The minimum Gasteiger partial charge on any atom is -0.463 e. The number of ether oxygens (including phenoxy) is 2. The topological polar surface area (TPSA) is 65.7 Å². The summed E-state index contributed by atoms with van der Waals surface area (Å²) in [6, 6.07) is 3.38. The van der Waals surface area contributed by atoms with Crippen LogP contribution in [0.15, 0.2) is 16.5 Å². The summed E-state index contributed by atoms with van der Waals surface area (Å²) in [5.74, 6) is -0.561. The average molecular weight is 210 g/mol. The van der Waals surface area contributed by atoms with Gasteiger partial charge in [0, 0.05) is 7.11 Å². The lowest BCUT2D eigenvalue weighted by molar-refractivity contribution is -0.152. The zero-order valence-electron chi connectivity index (χ0n) is 8.19. The third kappa shape index (κ3) is 1.92. The molecule has 1 unspecified atom stereocenters. The molecule has 0 N–H and O–H groups in total. The Balaban J connectivity index is 2.15. The fourth-order valence-electron chi connectivity index (χ4n) is 1.49. The molecule has 1 aliphatic rings. The minimum absolute atomic E-state index is 0.0543. The Morgan fingerprint density at radius 2 is 2.27 bits per heavy atom. The van der Waals surface area contributed by atoms with Gasteiger partial charge in [0.05, 0.1) is 6.42 Å². The third-order valence-corrected chi connectivity index (χ3v) is 2.18. The summed E-state index contributed by atoms with van der Waals surface area (Å²) in [7, 11) is 1.55. The number of carbonyl (C=O) groups excluding carboxylic acids is 2. The summed E-state index contributed by atoms with van der Waals surface area (Å²) in [4.78, 5) is 22.1. The Morgan fingerprint density at radius 1 is 1.47 bits per heavy atom. The molecule has 1 aliphatic heterocycles. The van der Waals surface area contributed by atoms with Crippen molar-refractivity contribution in [1.82, 2.24) is 0 Å². The van der Waals surface area contributed by atoms with Gasteiger partial charge in [-0.15, -0.1) is 0 Å². The predicted molar refractivity (Wildman–Crippen MR) is 47.9 cm³/mol. The van der Waals surface area contributed by atoms with E-state index in [1.807, 2.05) is 0 Å². The smallest absolute Gasteiger partial charge is 0.324 e. The molecule has 80 valence electrons. The first kappa shape index (κ1) is 9.92. The van der Waals surface area contributed by atoms with E-state index in [0.717, 1.165) is 0 Å². The second-order valence-corrected chi connectivity index (χ2v) is 3.29. The summed E-state index contributed by atoms with van der Waals surface area (Å²) in [5.41, 5.74) is 0. The highest BCUT2D eigenvalue weighted by atomic mass is 16.6. The van der Waals surface area contributed by atoms with Crippen LogP contribution < -0.4 is 0 Å². The molecule has 5 heteroatoms. The SMILES string of the molecule is COCc1ccc(C2CC(=O)OC2=O)o1. The number of rotatable bonds is 3. The highest BCUT2D eigenvalue weighted by Crippen LogP contribution is 2.28. The van der Waals surface area contributed by atoms with E-state index in [-0.39, 0.29) is 6.42 Å². The molecule has 0 amide bonds. The van der Waals surface area contributed by atoms with Crippen LogP contribution in [0.3, 0.4) is 0 Å². The molecule has 0 bridgehead atoms. The van der Waals surface area contributed by atoms with E-state index in [9.17, 15) is 9.59 Å². The van der Waals surface area contributed by atoms with E-state index in [4.69, 9.17) is 9.15 Å². The fraction of sp³-hybridized carbons (Fsp3) is 0.400. The van der Waals surface area contributed by atoms with Gasteiger partial charge < -0.3 is 13.9 Å². The number of carbonyl (C=O) groups is 2. The molecule has 0 saturated carbocycles. The zero-order chi connectivity index (χ0) is 10.8. The summed E-state index contributed by atoms with van der Waals surface area (Å²) in [6.45, 7) is 0.343. The van der Waals surface area contributed by atoms with Crippen molar-refractivity contribution >= 4 is 11.9 Å². The van der Waals surface area contributed by atoms with E-state index < -0.39 is 17.9 Å². The standard InChI is InChI=1S/C10H10O5/c1-13-5-6-2-3-8(14-6)7-4-9(11)15-10(7)12/h2-3,7H,4-5H2,1H3. The number of hydrogen-bond donors (Lipinski definition) is 0. The van der Waals surface area contributed by atoms with E-state index in [1.54, 1.807) is 19.2 Å². The molecule has 2 heterocycles. The van der Waals surface area contributed by atoms with Crippen LogP contribution in [0.25, 0.3) is 0 Å². The minimum atomic E-state index is -0.594. The first-order valence-corrected chi connectivity index (χ1v) is 4.53. The van der Waals surface area contributed by atoms with E-state index in [0.29, 0.717) is 18.1 Å². The van der Waals surface area contributed by atoms with Crippen molar-refractivity contribution < 1.29 is 23.5 Å². The molecule has 5 nitrogen and oxygen atoms in total. The fourth-order valence-corrected chi connectivity index (χ4v) is 1.49. The van der Waals surface area contributed by atoms with Crippen LogP contribution in [0.1, 0.15) is 23.9 Å². The summed E-state index contributed by atoms with van der Waals surface area (Å²) < 4.78 is 14.7. The summed E-state index contributed by atoms with van der Waals surface area (Å²) in [5, 5.41) is 0. The first-order valence-electron chi connectivity index (χ1n) is 4.53. The number of esters is 2. The first-order chi connectivity index (χ1) is 7.20. The molecular formula is C10H10O5. The van der Waals surface area contributed by atoms with Crippen LogP contribution >= 0.6 is 0 Å². The van der Waals surface area contributed by atoms with Gasteiger partial charge in [-0.05, 0) is 12.1 Å². The number of methoxy groups -OCH3 is 1. The van der Waals surface area contributed by atoms with Crippen LogP contribution in [-0.4, -0.2) is 19.0 Å². The van der Waals surface area contributed by atoms with Gasteiger partial charge in [0.1, 0.15) is 24.0 Å². The Morgan fingerprint density at radius 3 is 2.87 bits per heavy atom. The highest BCUT2D eigenvalue weighted by Gasteiger charge is 2.36. The number of furan rings is 1. The molecule has 2 rings (SSSR count). The van der Waals surface area contributed by atoms with Crippen molar-refractivity contribution in [2.45, 2.75) is 18.9 Å². The molecule has 1 saturated heterocycles. The summed E-state index contributed by atoms with van der Waals surface area (Å²) >= 11 is 0. The van der Waals surface area contributed by atoms with Crippen molar-refractivity contribution in [2.75, 3.05) is 7.11 Å². The van der Waals surface area contributed by atoms with Crippen molar-refractivity contribution in [2.24, 2.45) is 0 Å². The van der Waals surface area contributed by atoms with Gasteiger partial charge in [0.25, 0.3) is 0 Å². The zero-order valence-corrected chi connectivity index (χ0v) is 8.19. The lowest BCUT2D eigenvalue weighted by atomic mass is 10.1. The number of hydrogen-bond acceptors (Lipinski definition) is 5. The monoisotopic (exact) mass is 210 g/mol. The molecule has 1 aromatic rings. The quantitative estimate of drug-likeness (QED) is 0.549. The van der Waals surface area contributed by atoms with Crippen molar-refractivity contribution in [3.8, 4) is 0 Å². The number of cyclic esters (lactones) is 2. The van der Waals surface area contributed by atoms with Gasteiger partial charge in [-0.25, -0.2) is 0 Å². The second kappa shape index (κ2) is 3.86. The van der Waals surface area contributed by atoms with Crippen LogP contribution in [0, 0.1) is 0 Å². The molecule has 15 heavy (non-hydrogen) atoms. The van der Waals surface area contributed by atoms with Gasteiger partial charge >= 0.3 is 11.9 Å². The predicted octanol–water partition coefficient (Wildman–Crippen LogP) is 0.983. The van der Waals surface area contributed by atoms with E-state index >= 15 is 0 Å². The molecular weight excluding hydrogens is 200 g/mol. The van der Waals surface area contributed by atoms with E-state index in [1.165, 1.54) is 0 Å². The van der Waals surface area contributed by atoms with Crippen LogP contribution in [0.5, 0.6) is 0 Å². The maximum Gasteiger partial charge on any atom is 0.324 e. The van der Waals surface area contributed by atoms with E-state index in [2.05, 4.69) is 4.74 Å².